The van der Waals surface area contributed by atoms with Gasteiger partial charge in [-0.3, -0.25) is 9.59 Å². The van der Waals surface area contributed by atoms with Crippen LogP contribution in [0, 0.1) is 0 Å². The van der Waals surface area contributed by atoms with Gasteiger partial charge in [0.2, 0.25) is 5.91 Å². The second-order valence-electron chi connectivity index (χ2n) is 4.28. The first-order chi connectivity index (χ1) is 9.81. The highest BCUT2D eigenvalue weighted by Gasteiger charge is 2.27. The van der Waals surface area contributed by atoms with Crippen LogP contribution in [0.4, 0.5) is 18.9 Å². The summed E-state index contributed by atoms with van der Waals surface area (Å²) in [7, 11) is 1.72. The molecule has 9 heteroatoms. The maximum Gasteiger partial charge on any atom is 0.405 e. The highest BCUT2D eigenvalue weighted by Crippen LogP contribution is 2.13. The predicted octanol–water partition coefficient (Wildman–Crippen LogP) is 1.95. The molecule has 0 saturated carbocycles. The lowest BCUT2D eigenvalue weighted by atomic mass is 10.2. The Morgan fingerprint density at radius 1 is 1.14 bits per heavy atom. The summed E-state index contributed by atoms with van der Waals surface area (Å²) in [6, 6.07) is 5.61. The number of rotatable bonds is 6. The molecule has 124 valence electrons. The number of amides is 2. The third kappa shape index (κ3) is 7.84. The Morgan fingerprint density at radius 3 is 2.23 bits per heavy atom. The molecule has 1 rings (SSSR count). The molecule has 0 fully saturated rings. The van der Waals surface area contributed by atoms with Gasteiger partial charge in [-0.25, -0.2) is 0 Å². The normalized spacial score (nSPS) is 10.5. The van der Waals surface area contributed by atoms with Gasteiger partial charge in [-0.2, -0.15) is 13.2 Å². The van der Waals surface area contributed by atoms with Crippen LogP contribution in [-0.4, -0.2) is 38.1 Å². The van der Waals surface area contributed by atoms with Gasteiger partial charge in [-0.05, 0) is 31.3 Å². The van der Waals surface area contributed by atoms with Crippen LogP contribution < -0.4 is 16.0 Å². The fourth-order valence-electron chi connectivity index (χ4n) is 1.45. The molecule has 22 heavy (non-hydrogen) atoms. The third-order valence-corrected chi connectivity index (χ3v) is 2.48. The molecule has 0 aliphatic rings. The van der Waals surface area contributed by atoms with E-state index in [1.165, 1.54) is 24.3 Å². The van der Waals surface area contributed by atoms with Crippen molar-refractivity contribution in [2.45, 2.75) is 12.6 Å². The summed E-state index contributed by atoms with van der Waals surface area (Å²) in [5.74, 6) is -1.01. The number of alkyl halides is 3. The summed E-state index contributed by atoms with van der Waals surface area (Å²) in [6.07, 6.45) is -4.15. The van der Waals surface area contributed by atoms with Crippen molar-refractivity contribution in [2.24, 2.45) is 0 Å². The fraction of sp³-hybridized carbons (Fsp3) is 0.385. The fourth-order valence-corrected chi connectivity index (χ4v) is 1.45. The summed E-state index contributed by atoms with van der Waals surface area (Å²) in [5.41, 5.74) is 0.566. The van der Waals surface area contributed by atoms with E-state index in [2.05, 4.69) is 10.6 Å². The minimum Gasteiger partial charge on any atom is -0.343 e. The van der Waals surface area contributed by atoms with Gasteiger partial charge >= 0.3 is 6.18 Å². The van der Waals surface area contributed by atoms with Gasteiger partial charge in [0.1, 0.15) is 6.54 Å². The maximum atomic E-state index is 12.0. The lowest BCUT2D eigenvalue weighted by molar-refractivity contribution is -0.123. The quantitative estimate of drug-likeness (QED) is 0.742. The molecule has 0 aliphatic carbocycles. The molecule has 3 N–H and O–H groups in total. The van der Waals surface area contributed by atoms with Gasteiger partial charge in [-0.15, -0.1) is 12.4 Å². The molecule has 0 aromatic heterocycles. The highest BCUT2D eigenvalue weighted by atomic mass is 35.5. The summed E-state index contributed by atoms with van der Waals surface area (Å²) >= 11 is 0. The Bertz CT molecular complexity index is 492. The van der Waals surface area contributed by atoms with E-state index in [1.807, 2.05) is 0 Å². The number of nitrogens with one attached hydrogen (secondary N) is 3. The second kappa shape index (κ2) is 9.26. The largest absolute Gasteiger partial charge is 0.405 e. The van der Waals surface area contributed by atoms with Crippen molar-refractivity contribution in [3.8, 4) is 0 Å². The molecular weight excluding hydrogens is 323 g/mol. The van der Waals surface area contributed by atoms with Gasteiger partial charge in [0, 0.05) is 24.2 Å². The molecule has 1 aromatic rings. The number of anilines is 1. The van der Waals surface area contributed by atoms with Gasteiger partial charge in [0.15, 0.2) is 0 Å². The second-order valence-corrected chi connectivity index (χ2v) is 4.28. The molecule has 1 aromatic carbocycles. The Morgan fingerprint density at radius 2 is 1.73 bits per heavy atom. The summed E-state index contributed by atoms with van der Waals surface area (Å²) in [6.45, 7) is -0.849. The Hall–Kier alpha value is -1.80. The van der Waals surface area contributed by atoms with Crippen molar-refractivity contribution in [1.82, 2.24) is 10.6 Å². The molecule has 0 radical (unpaired) electrons. The molecule has 0 bridgehead atoms. The number of hydrogen-bond acceptors (Lipinski definition) is 3. The zero-order chi connectivity index (χ0) is 15.9. The van der Waals surface area contributed by atoms with Gasteiger partial charge < -0.3 is 16.0 Å². The van der Waals surface area contributed by atoms with Crippen molar-refractivity contribution < 1.29 is 22.8 Å². The zero-order valence-electron chi connectivity index (χ0n) is 11.8. The average molecular weight is 340 g/mol. The topological polar surface area (TPSA) is 70.2 Å². The molecule has 2 amide bonds. The van der Waals surface area contributed by atoms with Gasteiger partial charge in [-0.1, -0.05) is 0 Å². The highest BCUT2D eigenvalue weighted by molar-refractivity contribution is 5.95. The van der Waals surface area contributed by atoms with Crippen LogP contribution in [0.1, 0.15) is 16.8 Å². The summed E-state index contributed by atoms with van der Waals surface area (Å²) in [4.78, 5) is 22.9. The summed E-state index contributed by atoms with van der Waals surface area (Å²) < 4.78 is 35.9. The van der Waals surface area contributed by atoms with Gasteiger partial charge in [0.05, 0.1) is 0 Å². The van der Waals surface area contributed by atoms with E-state index in [-0.39, 0.29) is 23.9 Å². The first kappa shape index (κ1) is 20.2. The molecule has 0 unspecified atom stereocenters. The van der Waals surface area contributed by atoms with Crippen LogP contribution in [0.5, 0.6) is 0 Å². The molecule has 0 spiro atoms. The minimum absolute atomic E-state index is 0. The van der Waals surface area contributed by atoms with Gasteiger partial charge in [0.25, 0.3) is 5.91 Å². The molecule has 0 saturated heterocycles. The van der Waals surface area contributed by atoms with Crippen LogP contribution >= 0.6 is 12.4 Å². The zero-order valence-corrected chi connectivity index (χ0v) is 12.6. The molecule has 0 heterocycles. The van der Waals surface area contributed by atoms with Crippen molar-refractivity contribution in [1.29, 1.82) is 0 Å². The van der Waals surface area contributed by atoms with E-state index in [4.69, 9.17) is 0 Å². The Kier molecular flexibility index (Phi) is 8.51. The minimum atomic E-state index is -4.45. The van der Waals surface area contributed by atoms with E-state index in [1.54, 1.807) is 12.4 Å². The standard InChI is InChI=1S/C13H16F3N3O2.ClH/c1-17-7-6-11(20)19-10-4-2-9(3-5-10)12(21)18-8-13(14,15)16;/h2-5,17H,6-8H2,1H3,(H,18,21)(H,19,20);1H. The van der Waals surface area contributed by atoms with Crippen molar-refractivity contribution >= 4 is 29.9 Å². The number of hydrogen-bond donors (Lipinski definition) is 3. The van der Waals surface area contributed by atoms with E-state index < -0.39 is 18.6 Å². The molecule has 0 atom stereocenters. The maximum absolute atomic E-state index is 12.0. The van der Waals surface area contributed by atoms with Crippen LogP contribution in [0.25, 0.3) is 0 Å². The lowest BCUT2D eigenvalue weighted by Gasteiger charge is -2.09. The van der Waals surface area contributed by atoms with Crippen LogP contribution in [-0.2, 0) is 4.79 Å². The molecule has 0 aliphatic heterocycles. The predicted molar refractivity (Wildman–Crippen MR) is 79.3 cm³/mol. The van der Waals surface area contributed by atoms with Crippen LogP contribution in [0.2, 0.25) is 0 Å². The van der Waals surface area contributed by atoms with Crippen LogP contribution in [0.3, 0.4) is 0 Å². The lowest BCUT2D eigenvalue weighted by Crippen LogP contribution is -2.33. The summed E-state index contributed by atoms with van der Waals surface area (Å²) in [5, 5.41) is 7.20. The van der Waals surface area contributed by atoms with Crippen LogP contribution in [0.15, 0.2) is 24.3 Å². The number of halogens is 4. The first-order valence-electron chi connectivity index (χ1n) is 6.21. The van der Waals surface area contributed by atoms with Crippen molar-refractivity contribution in [3.63, 3.8) is 0 Å². The Balaban J connectivity index is 0.00000441. The monoisotopic (exact) mass is 339 g/mol. The van der Waals surface area contributed by atoms with E-state index >= 15 is 0 Å². The SMILES string of the molecule is CNCCC(=O)Nc1ccc(C(=O)NCC(F)(F)F)cc1.Cl. The smallest absolute Gasteiger partial charge is 0.343 e. The molecular formula is C13H17ClF3N3O2. The van der Waals surface area contributed by atoms with E-state index in [0.717, 1.165) is 0 Å². The van der Waals surface area contributed by atoms with Crippen molar-refractivity contribution in [3.05, 3.63) is 29.8 Å². The van der Waals surface area contributed by atoms with Crippen molar-refractivity contribution in [2.75, 3.05) is 25.5 Å². The number of carbonyl (C=O) groups excluding carboxylic acids is 2. The van der Waals surface area contributed by atoms with E-state index in [0.29, 0.717) is 18.7 Å². The van der Waals surface area contributed by atoms with E-state index in [9.17, 15) is 22.8 Å². The first-order valence-corrected chi connectivity index (χ1v) is 6.21. The number of benzene rings is 1. The third-order valence-electron chi connectivity index (χ3n) is 2.48. The number of carbonyl (C=O) groups is 2. The molecule has 5 nitrogen and oxygen atoms in total. The Labute approximate surface area is 132 Å². The average Bonchev–Trinajstić information content (AvgIpc) is 2.42.